The Kier molecular flexibility index (Phi) is 5.04. The number of anilines is 2. The number of hydrogen-bond donors (Lipinski definition) is 4. The molecule has 29 heavy (non-hydrogen) atoms. The van der Waals surface area contributed by atoms with Gasteiger partial charge in [0.1, 0.15) is 35.7 Å². The molecule has 2 aromatic heterocycles. The van der Waals surface area contributed by atoms with Gasteiger partial charge < -0.3 is 30.1 Å². The van der Waals surface area contributed by atoms with Crippen molar-refractivity contribution in [3.63, 3.8) is 0 Å². The van der Waals surface area contributed by atoms with E-state index in [1.54, 1.807) is 6.92 Å². The first-order valence-corrected chi connectivity index (χ1v) is 8.86. The van der Waals surface area contributed by atoms with Crippen LogP contribution in [0.4, 0.5) is 15.9 Å². The first kappa shape index (κ1) is 19.5. The highest BCUT2D eigenvalue weighted by molar-refractivity contribution is 5.85. The molecule has 0 aliphatic carbocycles. The van der Waals surface area contributed by atoms with Gasteiger partial charge in [0.15, 0.2) is 23.2 Å². The van der Waals surface area contributed by atoms with Gasteiger partial charge >= 0.3 is 0 Å². The second kappa shape index (κ2) is 7.52. The summed E-state index contributed by atoms with van der Waals surface area (Å²) in [7, 11) is 1.47. The first-order valence-electron chi connectivity index (χ1n) is 8.86. The number of benzene rings is 1. The van der Waals surface area contributed by atoms with Gasteiger partial charge in [0.25, 0.3) is 0 Å². The van der Waals surface area contributed by atoms with Crippen LogP contribution in [0.1, 0.15) is 12.1 Å². The molecule has 1 aliphatic rings. The minimum atomic E-state index is -1.21. The molecular weight excluding hydrogens is 385 g/mol. The number of aromatic hydroxyl groups is 1. The van der Waals surface area contributed by atoms with E-state index >= 15 is 0 Å². The van der Waals surface area contributed by atoms with Crippen LogP contribution in [-0.4, -0.2) is 66.9 Å². The highest BCUT2D eigenvalue weighted by Gasteiger charge is 2.44. The summed E-state index contributed by atoms with van der Waals surface area (Å²) in [6.07, 6.45) is -2.57. The van der Waals surface area contributed by atoms with Crippen molar-refractivity contribution in [2.24, 2.45) is 0 Å². The summed E-state index contributed by atoms with van der Waals surface area (Å²) in [5.74, 6) is -0.230. The third-order valence-electron chi connectivity index (χ3n) is 4.68. The summed E-state index contributed by atoms with van der Waals surface area (Å²) >= 11 is 0. The summed E-state index contributed by atoms with van der Waals surface area (Å²) in [6.45, 7) is 1.77. The van der Waals surface area contributed by atoms with Crippen LogP contribution in [0.25, 0.3) is 11.2 Å². The summed E-state index contributed by atoms with van der Waals surface area (Å²) in [5, 5.41) is 32.8. The molecule has 1 unspecified atom stereocenters. The first-order chi connectivity index (χ1) is 13.9. The average Bonchev–Trinajstić information content (AvgIpc) is 3.20. The fraction of sp³-hybridized carbons (Fsp3) is 0.389. The van der Waals surface area contributed by atoms with Crippen LogP contribution < -0.4 is 5.32 Å². The van der Waals surface area contributed by atoms with E-state index in [2.05, 4.69) is 20.3 Å². The lowest BCUT2D eigenvalue weighted by atomic mass is 10.1. The zero-order valence-corrected chi connectivity index (χ0v) is 15.7. The van der Waals surface area contributed by atoms with E-state index in [4.69, 9.17) is 9.47 Å². The number of ether oxygens (including phenoxy) is 2. The Bertz CT molecular complexity index is 1040. The number of halogens is 1. The molecule has 4 N–H and O–H groups in total. The Hall–Kier alpha value is -2.86. The summed E-state index contributed by atoms with van der Waals surface area (Å²) in [6, 6.07) is 3.70. The Morgan fingerprint density at radius 3 is 2.79 bits per heavy atom. The van der Waals surface area contributed by atoms with Crippen LogP contribution in [0.5, 0.6) is 5.75 Å². The van der Waals surface area contributed by atoms with Gasteiger partial charge in [-0.2, -0.15) is 0 Å². The van der Waals surface area contributed by atoms with Gasteiger partial charge in [-0.3, -0.25) is 4.57 Å². The lowest BCUT2D eigenvalue weighted by Crippen LogP contribution is -2.33. The number of fused-ring (bicyclic) bond motifs is 1. The van der Waals surface area contributed by atoms with Crippen LogP contribution in [-0.2, 0) is 9.47 Å². The maximum atomic E-state index is 14.1. The Labute approximate surface area is 164 Å². The number of aliphatic hydroxyl groups is 2. The number of nitrogens with zero attached hydrogens (tertiary/aromatic N) is 4. The molecule has 3 aromatic rings. The predicted molar refractivity (Wildman–Crippen MR) is 99.2 cm³/mol. The molecule has 4 rings (SSSR count). The van der Waals surface area contributed by atoms with Gasteiger partial charge in [-0.05, 0) is 19.1 Å². The minimum absolute atomic E-state index is 0.101. The molecule has 0 radical (unpaired) electrons. The molecule has 1 fully saturated rings. The van der Waals surface area contributed by atoms with Gasteiger partial charge in [-0.1, -0.05) is 0 Å². The SMILES string of the molecule is COC[C@H]1OC(n2cnc3c(Nc4ccc(O)cc4F)nc(C)nc32)[C@H](O)[C@@H]1O. The number of hydrogen-bond acceptors (Lipinski definition) is 9. The molecule has 11 heteroatoms. The van der Waals surface area contributed by atoms with Crippen molar-refractivity contribution in [1.29, 1.82) is 0 Å². The number of phenols is 1. The van der Waals surface area contributed by atoms with Crippen LogP contribution in [0.15, 0.2) is 24.5 Å². The number of rotatable bonds is 5. The fourth-order valence-corrected chi connectivity index (χ4v) is 3.29. The number of methoxy groups -OCH3 is 1. The number of phenolic OH excluding ortho intramolecular Hbond substituents is 1. The molecule has 0 amide bonds. The van der Waals surface area contributed by atoms with E-state index in [1.807, 2.05) is 0 Å². The lowest BCUT2D eigenvalue weighted by molar-refractivity contribution is -0.0580. The third kappa shape index (κ3) is 3.49. The molecule has 0 saturated carbocycles. The molecule has 154 valence electrons. The standard InChI is InChI=1S/C18H20FN5O5/c1-8-21-16(23-11-4-3-9(25)5-10(11)19)13-17(22-8)24(7-20-13)18-15(27)14(26)12(29-18)6-28-2/h3-5,7,12,14-15,18,25-27H,6H2,1-2H3,(H,21,22,23)/t12-,14-,15-,18?/m1/s1. The van der Waals surface area contributed by atoms with E-state index in [-0.39, 0.29) is 23.9 Å². The van der Waals surface area contributed by atoms with Gasteiger partial charge in [0, 0.05) is 13.2 Å². The van der Waals surface area contributed by atoms with E-state index in [9.17, 15) is 19.7 Å². The van der Waals surface area contributed by atoms with Gasteiger partial charge in [0.05, 0.1) is 18.6 Å². The maximum absolute atomic E-state index is 14.1. The van der Waals surface area contributed by atoms with E-state index in [1.165, 1.54) is 30.1 Å². The molecule has 1 aliphatic heterocycles. The number of aryl methyl sites for hydroxylation is 1. The largest absolute Gasteiger partial charge is 0.508 e. The van der Waals surface area contributed by atoms with Crippen molar-refractivity contribution in [2.45, 2.75) is 31.5 Å². The lowest BCUT2D eigenvalue weighted by Gasteiger charge is -2.17. The summed E-state index contributed by atoms with van der Waals surface area (Å²) in [5.41, 5.74) is 0.765. The van der Waals surface area contributed by atoms with Crippen LogP contribution >= 0.6 is 0 Å². The van der Waals surface area contributed by atoms with E-state index in [0.717, 1.165) is 6.07 Å². The Morgan fingerprint density at radius 2 is 2.07 bits per heavy atom. The Morgan fingerprint density at radius 1 is 1.28 bits per heavy atom. The molecule has 0 bridgehead atoms. The van der Waals surface area contributed by atoms with Crippen LogP contribution in [0, 0.1) is 12.7 Å². The number of aromatic nitrogens is 4. The van der Waals surface area contributed by atoms with Crippen LogP contribution in [0.2, 0.25) is 0 Å². The zero-order valence-electron chi connectivity index (χ0n) is 15.7. The molecule has 1 aromatic carbocycles. The van der Waals surface area contributed by atoms with E-state index < -0.39 is 30.4 Å². The van der Waals surface area contributed by atoms with Gasteiger partial charge in [0.2, 0.25) is 0 Å². The number of aliphatic hydroxyl groups excluding tert-OH is 2. The van der Waals surface area contributed by atoms with Crippen molar-refractivity contribution < 1.29 is 29.2 Å². The molecular formula is C18H20FN5O5. The average molecular weight is 405 g/mol. The van der Waals surface area contributed by atoms with Gasteiger partial charge in [-0.15, -0.1) is 0 Å². The third-order valence-corrected chi connectivity index (χ3v) is 4.68. The number of imidazole rings is 1. The second-order valence-electron chi connectivity index (χ2n) is 6.73. The van der Waals surface area contributed by atoms with Crippen molar-refractivity contribution in [2.75, 3.05) is 19.0 Å². The van der Waals surface area contributed by atoms with Crippen molar-refractivity contribution in [3.8, 4) is 5.75 Å². The highest BCUT2D eigenvalue weighted by atomic mass is 19.1. The van der Waals surface area contributed by atoms with Crippen molar-refractivity contribution >= 4 is 22.7 Å². The monoisotopic (exact) mass is 405 g/mol. The topological polar surface area (TPSA) is 135 Å². The zero-order chi connectivity index (χ0) is 20.7. The normalized spacial score (nSPS) is 24.3. The number of nitrogens with one attached hydrogen (secondary N) is 1. The summed E-state index contributed by atoms with van der Waals surface area (Å²) < 4.78 is 26.4. The minimum Gasteiger partial charge on any atom is -0.508 e. The van der Waals surface area contributed by atoms with E-state index in [0.29, 0.717) is 17.0 Å². The van der Waals surface area contributed by atoms with Crippen molar-refractivity contribution in [1.82, 2.24) is 19.5 Å². The Balaban J connectivity index is 1.72. The van der Waals surface area contributed by atoms with Crippen molar-refractivity contribution in [3.05, 3.63) is 36.2 Å². The fourth-order valence-electron chi connectivity index (χ4n) is 3.29. The van der Waals surface area contributed by atoms with Crippen LogP contribution in [0.3, 0.4) is 0 Å². The predicted octanol–water partition coefficient (Wildman–Crippen LogP) is 0.989. The maximum Gasteiger partial charge on any atom is 0.167 e. The second-order valence-corrected chi connectivity index (χ2v) is 6.73. The molecule has 10 nitrogen and oxygen atoms in total. The quantitative estimate of drug-likeness (QED) is 0.458. The van der Waals surface area contributed by atoms with Gasteiger partial charge in [-0.25, -0.2) is 19.3 Å². The molecule has 4 atom stereocenters. The smallest absolute Gasteiger partial charge is 0.167 e. The molecule has 3 heterocycles. The molecule has 1 saturated heterocycles. The highest BCUT2D eigenvalue weighted by Crippen LogP contribution is 2.33. The summed E-state index contributed by atoms with van der Waals surface area (Å²) in [4.78, 5) is 12.9. The molecule has 0 spiro atoms.